The summed E-state index contributed by atoms with van der Waals surface area (Å²) in [6, 6.07) is 8.07. The number of para-hydroxylation sites is 1. The maximum absolute atomic E-state index is 12.6. The summed E-state index contributed by atoms with van der Waals surface area (Å²) >= 11 is 0. The average molecular weight is 289 g/mol. The van der Waals surface area contributed by atoms with Crippen molar-refractivity contribution in [2.45, 2.75) is 38.2 Å². The van der Waals surface area contributed by atoms with Gasteiger partial charge in [-0.15, -0.1) is 0 Å². The van der Waals surface area contributed by atoms with E-state index in [4.69, 9.17) is 9.47 Å². The number of carbonyl (C=O) groups is 1. The molecule has 2 aliphatic rings. The summed E-state index contributed by atoms with van der Waals surface area (Å²) in [6.45, 7) is 6.78. The summed E-state index contributed by atoms with van der Waals surface area (Å²) in [7, 11) is 0. The molecule has 0 saturated carbocycles. The Labute approximate surface area is 126 Å². The first kappa shape index (κ1) is 14.4. The van der Waals surface area contributed by atoms with Gasteiger partial charge in [0.1, 0.15) is 5.75 Å². The van der Waals surface area contributed by atoms with Crippen LogP contribution in [0.1, 0.15) is 38.2 Å². The van der Waals surface area contributed by atoms with Gasteiger partial charge in [0, 0.05) is 19.5 Å². The Morgan fingerprint density at radius 2 is 2.14 bits per heavy atom. The van der Waals surface area contributed by atoms with Crippen LogP contribution in [0.25, 0.3) is 0 Å². The number of rotatable bonds is 2. The van der Waals surface area contributed by atoms with Gasteiger partial charge >= 0.3 is 0 Å². The molecule has 1 aromatic rings. The maximum Gasteiger partial charge on any atom is 0.223 e. The van der Waals surface area contributed by atoms with E-state index in [-0.39, 0.29) is 17.4 Å². The van der Waals surface area contributed by atoms with Gasteiger partial charge in [0.05, 0.1) is 18.8 Å². The number of carbonyl (C=O) groups excluding carboxylic acids is 1. The van der Waals surface area contributed by atoms with E-state index in [0.29, 0.717) is 32.7 Å². The number of ether oxygens (including phenoxy) is 2. The van der Waals surface area contributed by atoms with Crippen molar-refractivity contribution in [3.63, 3.8) is 0 Å². The molecule has 2 heterocycles. The van der Waals surface area contributed by atoms with Crippen molar-refractivity contribution in [3.8, 4) is 5.75 Å². The van der Waals surface area contributed by atoms with Gasteiger partial charge in [-0.3, -0.25) is 4.79 Å². The Hall–Kier alpha value is -1.55. The molecule has 2 aliphatic heterocycles. The van der Waals surface area contributed by atoms with Gasteiger partial charge in [0.2, 0.25) is 5.91 Å². The molecular formula is C17H23NO3. The zero-order valence-corrected chi connectivity index (χ0v) is 12.8. The van der Waals surface area contributed by atoms with Gasteiger partial charge in [-0.2, -0.15) is 0 Å². The highest BCUT2D eigenvalue weighted by Crippen LogP contribution is 2.36. The summed E-state index contributed by atoms with van der Waals surface area (Å²) in [5, 5.41) is 0. The maximum atomic E-state index is 12.6. The molecule has 1 saturated heterocycles. The van der Waals surface area contributed by atoms with Gasteiger partial charge in [-0.05, 0) is 37.8 Å². The lowest BCUT2D eigenvalue weighted by Crippen LogP contribution is -2.50. The molecule has 4 nitrogen and oxygen atoms in total. The Kier molecular flexibility index (Phi) is 3.89. The van der Waals surface area contributed by atoms with Crippen molar-refractivity contribution >= 4 is 5.91 Å². The van der Waals surface area contributed by atoms with Gasteiger partial charge in [0.15, 0.2) is 0 Å². The molecule has 1 atom stereocenters. The summed E-state index contributed by atoms with van der Waals surface area (Å²) in [5.41, 5.74) is 0.936. The number of nitrogens with zero attached hydrogens (tertiary/aromatic N) is 1. The van der Waals surface area contributed by atoms with Crippen molar-refractivity contribution in [2.75, 3.05) is 26.3 Å². The third kappa shape index (κ3) is 3.21. The van der Waals surface area contributed by atoms with Crippen LogP contribution in [0.3, 0.4) is 0 Å². The fourth-order valence-electron chi connectivity index (χ4n) is 3.20. The van der Waals surface area contributed by atoms with Gasteiger partial charge in [-0.25, -0.2) is 0 Å². The molecule has 21 heavy (non-hydrogen) atoms. The number of morpholine rings is 1. The highest BCUT2D eigenvalue weighted by Gasteiger charge is 2.32. The number of amides is 1. The van der Waals surface area contributed by atoms with Crippen LogP contribution in [0.15, 0.2) is 24.3 Å². The number of benzene rings is 1. The lowest BCUT2D eigenvalue weighted by molar-refractivity contribution is -0.146. The van der Waals surface area contributed by atoms with E-state index in [1.165, 1.54) is 5.56 Å². The first-order valence-corrected chi connectivity index (χ1v) is 7.69. The van der Waals surface area contributed by atoms with E-state index in [9.17, 15) is 4.79 Å². The molecule has 4 heteroatoms. The van der Waals surface area contributed by atoms with Gasteiger partial charge in [-0.1, -0.05) is 18.2 Å². The monoisotopic (exact) mass is 289 g/mol. The molecular weight excluding hydrogens is 266 g/mol. The molecule has 1 fully saturated rings. The number of hydrogen-bond acceptors (Lipinski definition) is 3. The predicted octanol–water partition coefficient (Wildman–Crippen LogP) is 2.58. The van der Waals surface area contributed by atoms with Crippen LogP contribution in [0.2, 0.25) is 0 Å². The lowest BCUT2D eigenvalue weighted by atomic mass is 9.89. The first-order valence-electron chi connectivity index (χ1n) is 7.69. The van der Waals surface area contributed by atoms with Crippen molar-refractivity contribution in [1.82, 2.24) is 4.90 Å². The second kappa shape index (κ2) is 5.68. The van der Waals surface area contributed by atoms with Crippen molar-refractivity contribution in [3.05, 3.63) is 29.8 Å². The topological polar surface area (TPSA) is 38.8 Å². The van der Waals surface area contributed by atoms with E-state index in [2.05, 4.69) is 6.07 Å². The molecule has 0 bridgehead atoms. The van der Waals surface area contributed by atoms with E-state index < -0.39 is 0 Å². The zero-order valence-electron chi connectivity index (χ0n) is 12.8. The summed E-state index contributed by atoms with van der Waals surface area (Å²) in [6.07, 6.45) is 1.48. The van der Waals surface area contributed by atoms with Crippen LogP contribution in [-0.4, -0.2) is 42.7 Å². The van der Waals surface area contributed by atoms with Crippen LogP contribution in [0.5, 0.6) is 5.75 Å². The smallest absolute Gasteiger partial charge is 0.223 e. The molecule has 0 spiro atoms. The van der Waals surface area contributed by atoms with Crippen LogP contribution in [0.4, 0.5) is 0 Å². The second-order valence-electron chi connectivity index (χ2n) is 6.50. The molecule has 114 valence electrons. The fraction of sp³-hybridized carbons (Fsp3) is 0.588. The van der Waals surface area contributed by atoms with Crippen LogP contribution >= 0.6 is 0 Å². The molecule has 1 unspecified atom stereocenters. The molecule has 0 N–H and O–H groups in total. The van der Waals surface area contributed by atoms with E-state index in [1.54, 1.807) is 0 Å². The van der Waals surface area contributed by atoms with E-state index in [1.807, 2.05) is 36.9 Å². The average Bonchev–Trinajstić information content (AvgIpc) is 2.46. The Bertz CT molecular complexity index is 527. The predicted molar refractivity (Wildman–Crippen MR) is 80.5 cm³/mol. The van der Waals surface area contributed by atoms with Crippen molar-refractivity contribution < 1.29 is 14.3 Å². The standard InChI is InChI=1S/C17H23NO3/c1-17(2)12-18(8-10-21-17)16(19)11-13-7-9-20-15-6-4-3-5-14(13)15/h3-6,13H,7-12H2,1-2H3. The first-order chi connectivity index (χ1) is 10.1. The normalized spacial score (nSPS) is 24.1. The quantitative estimate of drug-likeness (QED) is 0.840. The SMILES string of the molecule is CC1(C)CN(C(=O)CC2CCOc3ccccc32)CCO1. The summed E-state index contributed by atoms with van der Waals surface area (Å²) in [4.78, 5) is 14.5. The number of hydrogen-bond donors (Lipinski definition) is 0. The van der Waals surface area contributed by atoms with E-state index in [0.717, 1.165) is 12.2 Å². The summed E-state index contributed by atoms with van der Waals surface area (Å²) in [5.74, 6) is 1.44. The van der Waals surface area contributed by atoms with E-state index >= 15 is 0 Å². The third-order valence-electron chi connectivity index (χ3n) is 4.28. The minimum absolute atomic E-state index is 0.230. The van der Waals surface area contributed by atoms with Crippen LogP contribution in [-0.2, 0) is 9.53 Å². The Morgan fingerprint density at radius 1 is 1.33 bits per heavy atom. The molecule has 3 rings (SSSR count). The minimum Gasteiger partial charge on any atom is -0.493 e. The van der Waals surface area contributed by atoms with Crippen LogP contribution < -0.4 is 4.74 Å². The molecule has 1 amide bonds. The van der Waals surface area contributed by atoms with Crippen molar-refractivity contribution in [1.29, 1.82) is 0 Å². The second-order valence-corrected chi connectivity index (χ2v) is 6.50. The Morgan fingerprint density at radius 3 is 2.95 bits per heavy atom. The van der Waals surface area contributed by atoms with Crippen molar-refractivity contribution in [2.24, 2.45) is 0 Å². The third-order valence-corrected chi connectivity index (χ3v) is 4.28. The highest BCUT2D eigenvalue weighted by molar-refractivity contribution is 5.77. The largest absolute Gasteiger partial charge is 0.493 e. The minimum atomic E-state index is -0.235. The zero-order chi connectivity index (χ0) is 14.9. The lowest BCUT2D eigenvalue weighted by Gasteiger charge is -2.39. The molecule has 0 aliphatic carbocycles. The van der Waals surface area contributed by atoms with Gasteiger partial charge < -0.3 is 14.4 Å². The molecule has 0 radical (unpaired) electrons. The summed E-state index contributed by atoms with van der Waals surface area (Å²) < 4.78 is 11.3. The fourth-order valence-corrected chi connectivity index (χ4v) is 3.20. The Balaban J connectivity index is 1.68. The van der Waals surface area contributed by atoms with Gasteiger partial charge in [0.25, 0.3) is 0 Å². The molecule has 1 aromatic carbocycles. The van der Waals surface area contributed by atoms with Crippen LogP contribution in [0, 0.1) is 0 Å². The molecule has 0 aromatic heterocycles. The number of fused-ring (bicyclic) bond motifs is 1. The highest BCUT2D eigenvalue weighted by atomic mass is 16.5.